The van der Waals surface area contributed by atoms with Crippen molar-refractivity contribution in [1.29, 1.82) is 0 Å². The van der Waals surface area contributed by atoms with E-state index in [4.69, 9.17) is 4.74 Å². The Kier molecular flexibility index (Phi) is 8.81. The van der Waals surface area contributed by atoms with Crippen LogP contribution in [0.2, 0.25) is 0 Å². The standard InChI is InChI=1S/C29H30F8O2/c1-17-2-4-18(5-3-17)6-7-19-8-11-21(12-9-19)28(33,34)38-22-15-24(31)27(25(32)16-22)20-10-13-26(23(30)14-20)39-29(35,36)37/h6-7,10,13-19,21H,2-5,8-9,11-12H2,1H3/b7-6+. The number of ether oxygens (including phenoxy) is 2. The highest BCUT2D eigenvalue weighted by Crippen LogP contribution is 2.42. The van der Waals surface area contributed by atoms with Crippen LogP contribution in [0.15, 0.2) is 42.5 Å². The average Bonchev–Trinajstić information content (AvgIpc) is 2.84. The summed E-state index contributed by atoms with van der Waals surface area (Å²) in [5.74, 6) is -5.73. The van der Waals surface area contributed by atoms with Gasteiger partial charge in [0.05, 0.1) is 11.5 Å². The number of allylic oxidation sites excluding steroid dienone is 2. The predicted octanol–water partition coefficient (Wildman–Crippen LogP) is 9.83. The molecule has 39 heavy (non-hydrogen) atoms. The second-order valence-corrected chi connectivity index (χ2v) is 10.6. The van der Waals surface area contributed by atoms with Crippen LogP contribution in [0.5, 0.6) is 11.5 Å². The zero-order valence-electron chi connectivity index (χ0n) is 21.3. The SMILES string of the molecule is CC1CCC(/C=C/C2CCC(C(F)(F)Oc3cc(F)c(-c4ccc(OC(F)(F)F)c(F)c4)c(F)c3)CC2)CC1. The molecule has 0 N–H and O–H groups in total. The molecule has 2 aliphatic rings. The van der Waals surface area contributed by atoms with Crippen molar-refractivity contribution in [2.45, 2.75) is 70.8 Å². The Balaban J connectivity index is 1.38. The third-order valence-corrected chi connectivity index (χ3v) is 7.68. The van der Waals surface area contributed by atoms with E-state index in [-0.39, 0.29) is 18.8 Å². The van der Waals surface area contributed by atoms with Crippen molar-refractivity contribution in [2.75, 3.05) is 0 Å². The first-order chi connectivity index (χ1) is 18.3. The Morgan fingerprint density at radius 2 is 1.23 bits per heavy atom. The summed E-state index contributed by atoms with van der Waals surface area (Å²) in [6, 6.07) is 2.94. The molecule has 2 nitrogen and oxygen atoms in total. The molecule has 0 amide bonds. The molecule has 2 saturated carbocycles. The molecular formula is C29H30F8O2. The second-order valence-electron chi connectivity index (χ2n) is 10.6. The van der Waals surface area contributed by atoms with E-state index in [2.05, 4.69) is 23.8 Å². The Morgan fingerprint density at radius 1 is 0.692 bits per heavy atom. The first-order valence-corrected chi connectivity index (χ1v) is 13.1. The molecule has 0 aromatic heterocycles. The minimum atomic E-state index is -5.16. The number of hydrogen-bond acceptors (Lipinski definition) is 2. The molecule has 2 aromatic carbocycles. The van der Waals surface area contributed by atoms with Gasteiger partial charge in [-0.2, -0.15) is 8.78 Å². The van der Waals surface area contributed by atoms with Crippen LogP contribution in [0, 0.1) is 41.1 Å². The largest absolute Gasteiger partial charge is 0.573 e. The molecule has 0 heterocycles. The molecule has 0 unspecified atom stereocenters. The minimum Gasteiger partial charge on any atom is -0.432 e. The summed E-state index contributed by atoms with van der Waals surface area (Å²) in [7, 11) is 0. The van der Waals surface area contributed by atoms with Gasteiger partial charge in [-0.25, -0.2) is 13.2 Å². The van der Waals surface area contributed by atoms with E-state index >= 15 is 0 Å². The summed E-state index contributed by atoms with van der Waals surface area (Å²) in [6.07, 6.45) is 1.75. The molecule has 0 radical (unpaired) electrons. The first kappa shape index (κ1) is 29.2. The summed E-state index contributed by atoms with van der Waals surface area (Å²) in [5, 5.41) is 0. The molecule has 0 saturated heterocycles. The van der Waals surface area contributed by atoms with Crippen LogP contribution in [-0.4, -0.2) is 12.5 Å². The highest BCUT2D eigenvalue weighted by molar-refractivity contribution is 5.66. The van der Waals surface area contributed by atoms with Crippen molar-refractivity contribution in [3.05, 3.63) is 59.9 Å². The lowest BCUT2D eigenvalue weighted by Crippen LogP contribution is -2.37. The third kappa shape index (κ3) is 7.66. The van der Waals surface area contributed by atoms with Crippen LogP contribution in [0.4, 0.5) is 35.1 Å². The molecular weight excluding hydrogens is 532 g/mol. The van der Waals surface area contributed by atoms with Gasteiger partial charge in [-0.3, -0.25) is 0 Å². The molecule has 0 aliphatic heterocycles. The number of rotatable bonds is 7. The van der Waals surface area contributed by atoms with E-state index in [1.807, 2.05) is 0 Å². The van der Waals surface area contributed by atoms with Gasteiger partial charge in [0.2, 0.25) is 0 Å². The van der Waals surface area contributed by atoms with E-state index in [1.165, 1.54) is 12.8 Å². The molecule has 0 spiro atoms. The van der Waals surface area contributed by atoms with Crippen LogP contribution in [-0.2, 0) is 0 Å². The Bertz CT molecular complexity index is 1140. The van der Waals surface area contributed by atoms with Crippen molar-refractivity contribution >= 4 is 0 Å². The van der Waals surface area contributed by atoms with Crippen LogP contribution in [0.1, 0.15) is 58.3 Å². The van der Waals surface area contributed by atoms with Crippen molar-refractivity contribution < 1.29 is 44.6 Å². The molecule has 10 heteroatoms. The van der Waals surface area contributed by atoms with Crippen molar-refractivity contribution in [2.24, 2.45) is 23.7 Å². The highest BCUT2D eigenvalue weighted by Gasteiger charge is 2.44. The summed E-state index contributed by atoms with van der Waals surface area (Å²) in [4.78, 5) is 0. The lowest BCUT2D eigenvalue weighted by molar-refractivity contribution is -0.275. The molecule has 4 rings (SSSR count). The van der Waals surface area contributed by atoms with Crippen molar-refractivity contribution in [1.82, 2.24) is 0 Å². The maximum Gasteiger partial charge on any atom is 0.573 e. The fourth-order valence-electron chi connectivity index (χ4n) is 5.43. The molecule has 2 fully saturated rings. The second kappa shape index (κ2) is 11.8. The van der Waals surface area contributed by atoms with Gasteiger partial charge in [0.15, 0.2) is 11.6 Å². The predicted molar refractivity (Wildman–Crippen MR) is 130 cm³/mol. The number of alkyl halides is 5. The smallest absolute Gasteiger partial charge is 0.432 e. The lowest BCUT2D eigenvalue weighted by Gasteiger charge is -2.32. The van der Waals surface area contributed by atoms with Crippen molar-refractivity contribution in [3.63, 3.8) is 0 Å². The summed E-state index contributed by atoms with van der Waals surface area (Å²) < 4.78 is 119. The number of halogens is 8. The molecule has 0 atom stereocenters. The topological polar surface area (TPSA) is 18.5 Å². The van der Waals surface area contributed by atoms with Gasteiger partial charge in [-0.15, -0.1) is 13.2 Å². The number of hydrogen-bond donors (Lipinski definition) is 0. The number of benzene rings is 2. The fourth-order valence-corrected chi connectivity index (χ4v) is 5.43. The van der Waals surface area contributed by atoms with E-state index < -0.39 is 58.5 Å². The van der Waals surface area contributed by atoms with Gasteiger partial charge in [-0.1, -0.05) is 38.0 Å². The fraction of sp³-hybridized carbons (Fsp3) is 0.517. The van der Waals surface area contributed by atoms with Crippen LogP contribution < -0.4 is 9.47 Å². The molecule has 214 valence electrons. The maximum absolute atomic E-state index is 14.9. The average molecular weight is 563 g/mol. The summed E-state index contributed by atoms with van der Waals surface area (Å²) >= 11 is 0. The Morgan fingerprint density at radius 3 is 1.74 bits per heavy atom. The van der Waals surface area contributed by atoms with Crippen molar-refractivity contribution in [3.8, 4) is 22.6 Å². The van der Waals surface area contributed by atoms with Gasteiger partial charge >= 0.3 is 12.5 Å². The van der Waals surface area contributed by atoms with Crippen LogP contribution >= 0.6 is 0 Å². The summed E-state index contributed by atoms with van der Waals surface area (Å²) in [5.41, 5.74) is -1.24. The third-order valence-electron chi connectivity index (χ3n) is 7.68. The van der Waals surface area contributed by atoms with E-state index in [0.717, 1.165) is 24.8 Å². The van der Waals surface area contributed by atoms with Gasteiger partial charge in [0.25, 0.3) is 0 Å². The lowest BCUT2D eigenvalue weighted by atomic mass is 9.79. The van der Waals surface area contributed by atoms with E-state index in [0.29, 0.717) is 43.0 Å². The first-order valence-electron chi connectivity index (χ1n) is 13.1. The Hall–Kier alpha value is -2.78. The summed E-state index contributed by atoms with van der Waals surface area (Å²) in [6.45, 7) is 2.25. The normalized spacial score (nSPS) is 24.6. The van der Waals surface area contributed by atoms with Gasteiger partial charge < -0.3 is 9.47 Å². The zero-order chi connectivity index (χ0) is 28.4. The van der Waals surface area contributed by atoms with Gasteiger partial charge in [-0.05, 0) is 74.0 Å². The maximum atomic E-state index is 14.9. The Labute approximate surface area is 222 Å². The zero-order valence-corrected chi connectivity index (χ0v) is 21.3. The van der Waals surface area contributed by atoms with E-state index in [1.54, 1.807) is 0 Å². The molecule has 2 aliphatic carbocycles. The monoisotopic (exact) mass is 562 g/mol. The van der Waals surface area contributed by atoms with Gasteiger partial charge in [0, 0.05) is 12.1 Å². The van der Waals surface area contributed by atoms with Gasteiger partial charge in [0.1, 0.15) is 17.4 Å². The highest BCUT2D eigenvalue weighted by atomic mass is 19.4. The molecule has 0 bridgehead atoms. The van der Waals surface area contributed by atoms with Crippen LogP contribution in [0.25, 0.3) is 11.1 Å². The van der Waals surface area contributed by atoms with Crippen LogP contribution in [0.3, 0.4) is 0 Å². The minimum absolute atomic E-state index is 0.193. The van der Waals surface area contributed by atoms with E-state index in [9.17, 15) is 35.1 Å². The quantitative estimate of drug-likeness (QED) is 0.247. The molecule has 2 aromatic rings.